The lowest BCUT2D eigenvalue weighted by Gasteiger charge is -2.17. The molecule has 1 aromatic heterocycles. The van der Waals surface area contributed by atoms with Crippen molar-refractivity contribution in [1.82, 2.24) is 4.98 Å². The third kappa shape index (κ3) is 4.12. The number of aryl methyl sites for hydroxylation is 1. The number of ether oxygens (including phenoxy) is 1. The summed E-state index contributed by atoms with van der Waals surface area (Å²) in [6, 6.07) is 9.91. The molecule has 2 N–H and O–H groups in total. The highest BCUT2D eigenvalue weighted by atomic mass is 19.1. The van der Waals surface area contributed by atoms with Crippen LogP contribution in [0.15, 0.2) is 42.6 Å². The number of para-hydroxylation sites is 1. The Bertz CT molecular complexity index is 1000. The van der Waals surface area contributed by atoms with Crippen LogP contribution in [-0.2, 0) is 0 Å². The Hall–Kier alpha value is -2.99. The topological polar surface area (TPSA) is 71.5 Å². The number of aliphatic hydroxyl groups excluding tert-OH is 1. The molecule has 0 aliphatic carbocycles. The van der Waals surface area contributed by atoms with Crippen LogP contribution in [0.25, 0.3) is 10.9 Å². The fraction of sp³-hybridized carbons (Fsp3) is 0.273. The molecule has 3 rings (SSSR count). The van der Waals surface area contributed by atoms with Crippen LogP contribution in [0.2, 0.25) is 0 Å². The second-order valence-electron chi connectivity index (χ2n) is 6.53. The zero-order valence-corrected chi connectivity index (χ0v) is 16.0. The number of ketones is 1. The summed E-state index contributed by atoms with van der Waals surface area (Å²) in [5.41, 5.74) is 3.13. The van der Waals surface area contributed by atoms with Gasteiger partial charge in [-0.3, -0.25) is 9.78 Å². The number of pyridine rings is 1. The number of nitrogens with zero attached hydrogens (tertiary/aromatic N) is 1. The summed E-state index contributed by atoms with van der Waals surface area (Å²) < 4.78 is 19.1. The average Bonchev–Trinajstić information content (AvgIpc) is 2.68. The molecule has 6 heteroatoms. The van der Waals surface area contributed by atoms with Crippen molar-refractivity contribution in [3.63, 3.8) is 0 Å². The van der Waals surface area contributed by atoms with Crippen molar-refractivity contribution in [1.29, 1.82) is 0 Å². The molecule has 0 fully saturated rings. The summed E-state index contributed by atoms with van der Waals surface area (Å²) in [5, 5.41) is 13.1. The smallest absolute Gasteiger partial charge is 0.166 e. The Morgan fingerprint density at radius 1 is 1.29 bits per heavy atom. The molecule has 0 saturated carbocycles. The number of carbonyl (C=O) groups excluding carboxylic acids is 1. The predicted octanol–water partition coefficient (Wildman–Crippen LogP) is 4.78. The number of hydrogen-bond donors (Lipinski definition) is 2. The molecule has 146 valence electrons. The van der Waals surface area contributed by atoms with Crippen LogP contribution in [0.4, 0.5) is 15.8 Å². The van der Waals surface area contributed by atoms with E-state index in [1.165, 1.54) is 12.1 Å². The van der Waals surface area contributed by atoms with Crippen LogP contribution < -0.4 is 10.1 Å². The van der Waals surface area contributed by atoms with Crippen LogP contribution in [-0.4, -0.2) is 29.1 Å². The molecule has 1 heterocycles. The number of aliphatic hydroxyl groups is 1. The van der Waals surface area contributed by atoms with E-state index in [1.807, 2.05) is 19.1 Å². The van der Waals surface area contributed by atoms with Crippen molar-refractivity contribution in [2.75, 3.05) is 18.5 Å². The molecule has 0 unspecified atom stereocenters. The van der Waals surface area contributed by atoms with Gasteiger partial charge in [-0.25, -0.2) is 4.39 Å². The number of fused-ring (bicyclic) bond motifs is 1. The van der Waals surface area contributed by atoms with Crippen molar-refractivity contribution in [3.8, 4) is 5.75 Å². The first-order valence-corrected chi connectivity index (χ1v) is 9.27. The molecular weight excluding hydrogens is 359 g/mol. The average molecular weight is 382 g/mol. The molecule has 0 spiro atoms. The maximum Gasteiger partial charge on any atom is 0.166 e. The number of rotatable bonds is 8. The van der Waals surface area contributed by atoms with Gasteiger partial charge in [0, 0.05) is 23.7 Å². The Morgan fingerprint density at radius 3 is 2.82 bits per heavy atom. The summed E-state index contributed by atoms with van der Waals surface area (Å²) in [5.74, 6) is 0.199. The molecule has 28 heavy (non-hydrogen) atoms. The highest BCUT2D eigenvalue weighted by Crippen LogP contribution is 2.35. The Morgan fingerprint density at radius 2 is 2.11 bits per heavy atom. The monoisotopic (exact) mass is 382 g/mol. The van der Waals surface area contributed by atoms with Gasteiger partial charge in [-0.05, 0) is 43.2 Å². The fourth-order valence-electron chi connectivity index (χ4n) is 3.08. The first kappa shape index (κ1) is 19.8. The maximum absolute atomic E-state index is 13.5. The standard InChI is InChI=1S/C22H23FN2O3/c1-3-5-19(27)17-13-24-22-16(6-4-7-20(22)28-11-10-26)21(17)25-18-9-8-15(23)12-14(18)2/h4,6-9,12-13,26H,3,5,10-11H2,1-2H3,(H,24,25). The number of nitrogens with one attached hydrogen (secondary N) is 1. The summed E-state index contributed by atoms with van der Waals surface area (Å²) >= 11 is 0. The summed E-state index contributed by atoms with van der Waals surface area (Å²) in [6.45, 7) is 3.79. The van der Waals surface area contributed by atoms with Gasteiger partial charge < -0.3 is 15.2 Å². The van der Waals surface area contributed by atoms with E-state index in [9.17, 15) is 9.18 Å². The van der Waals surface area contributed by atoms with Gasteiger partial charge in [-0.15, -0.1) is 0 Å². The van der Waals surface area contributed by atoms with E-state index in [0.29, 0.717) is 34.6 Å². The molecule has 0 radical (unpaired) electrons. The summed E-state index contributed by atoms with van der Waals surface area (Å²) in [7, 11) is 0. The zero-order valence-electron chi connectivity index (χ0n) is 16.0. The van der Waals surface area contributed by atoms with Gasteiger partial charge in [0.25, 0.3) is 0 Å². The third-order valence-corrected chi connectivity index (χ3v) is 4.43. The summed E-state index contributed by atoms with van der Waals surface area (Å²) in [6.07, 6.45) is 2.68. The van der Waals surface area contributed by atoms with Gasteiger partial charge in [0.15, 0.2) is 5.78 Å². The second kappa shape index (κ2) is 8.80. The zero-order chi connectivity index (χ0) is 20.1. The van der Waals surface area contributed by atoms with E-state index in [2.05, 4.69) is 10.3 Å². The molecule has 0 atom stereocenters. The van der Waals surface area contributed by atoms with Crippen molar-refractivity contribution in [2.24, 2.45) is 0 Å². The first-order valence-electron chi connectivity index (χ1n) is 9.27. The molecule has 5 nitrogen and oxygen atoms in total. The highest BCUT2D eigenvalue weighted by molar-refractivity contribution is 6.09. The van der Waals surface area contributed by atoms with Gasteiger partial charge >= 0.3 is 0 Å². The van der Waals surface area contributed by atoms with Crippen LogP contribution in [0.5, 0.6) is 5.75 Å². The lowest BCUT2D eigenvalue weighted by atomic mass is 10.0. The fourth-order valence-corrected chi connectivity index (χ4v) is 3.08. The van der Waals surface area contributed by atoms with Crippen LogP contribution >= 0.6 is 0 Å². The largest absolute Gasteiger partial charge is 0.489 e. The predicted molar refractivity (Wildman–Crippen MR) is 108 cm³/mol. The molecule has 0 amide bonds. The Balaban J connectivity index is 2.16. The SMILES string of the molecule is CCCC(=O)c1cnc2c(OCCO)cccc2c1Nc1ccc(F)cc1C. The van der Waals surface area contributed by atoms with E-state index < -0.39 is 0 Å². The van der Waals surface area contributed by atoms with Gasteiger partial charge in [0.05, 0.1) is 17.9 Å². The lowest BCUT2D eigenvalue weighted by molar-refractivity contribution is 0.0982. The molecule has 3 aromatic rings. The van der Waals surface area contributed by atoms with Crippen molar-refractivity contribution in [2.45, 2.75) is 26.7 Å². The molecule has 0 bridgehead atoms. The number of carbonyl (C=O) groups is 1. The number of aromatic nitrogens is 1. The lowest BCUT2D eigenvalue weighted by Crippen LogP contribution is -2.07. The molecule has 0 saturated heterocycles. The van der Waals surface area contributed by atoms with Gasteiger partial charge in [0.1, 0.15) is 23.7 Å². The number of anilines is 2. The van der Waals surface area contributed by atoms with E-state index in [1.54, 1.807) is 25.3 Å². The minimum Gasteiger partial charge on any atom is -0.489 e. The van der Waals surface area contributed by atoms with Gasteiger partial charge in [-0.2, -0.15) is 0 Å². The van der Waals surface area contributed by atoms with Crippen LogP contribution in [0, 0.1) is 12.7 Å². The molecule has 2 aromatic carbocycles. The van der Waals surface area contributed by atoms with Crippen molar-refractivity contribution in [3.05, 3.63) is 59.5 Å². The number of hydrogen-bond acceptors (Lipinski definition) is 5. The van der Waals surface area contributed by atoms with E-state index in [4.69, 9.17) is 9.84 Å². The number of halogens is 1. The quantitative estimate of drug-likeness (QED) is 0.549. The van der Waals surface area contributed by atoms with Crippen molar-refractivity contribution < 1.29 is 19.0 Å². The van der Waals surface area contributed by atoms with Gasteiger partial charge in [-0.1, -0.05) is 19.1 Å². The maximum atomic E-state index is 13.5. The van der Waals surface area contributed by atoms with E-state index in [0.717, 1.165) is 17.4 Å². The third-order valence-electron chi connectivity index (χ3n) is 4.43. The molecule has 0 aliphatic rings. The van der Waals surface area contributed by atoms with E-state index in [-0.39, 0.29) is 24.8 Å². The van der Waals surface area contributed by atoms with Crippen LogP contribution in [0.3, 0.4) is 0 Å². The normalized spacial score (nSPS) is 10.9. The summed E-state index contributed by atoms with van der Waals surface area (Å²) in [4.78, 5) is 17.1. The van der Waals surface area contributed by atoms with Gasteiger partial charge in [0.2, 0.25) is 0 Å². The Labute approximate surface area is 163 Å². The molecule has 0 aliphatic heterocycles. The first-order chi connectivity index (χ1) is 13.5. The van der Waals surface area contributed by atoms with Crippen molar-refractivity contribution >= 4 is 28.1 Å². The second-order valence-corrected chi connectivity index (χ2v) is 6.53. The highest BCUT2D eigenvalue weighted by Gasteiger charge is 2.18. The van der Waals surface area contributed by atoms with Crippen LogP contribution in [0.1, 0.15) is 35.7 Å². The minimum absolute atomic E-state index is 0.0131. The number of Topliss-reactive ketones (excluding diaryl/α,β-unsaturated/α-hetero) is 1. The molecular formula is C22H23FN2O3. The Kier molecular flexibility index (Phi) is 6.21. The number of benzene rings is 2. The minimum atomic E-state index is -0.315. The van der Waals surface area contributed by atoms with E-state index >= 15 is 0 Å².